The van der Waals surface area contributed by atoms with E-state index in [0.29, 0.717) is 89.1 Å². The number of piperidine rings is 1. The van der Waals surface area contributed by atoms with Crippen molar-refractivity contribution in [1.29, 1.82) is 0 Å². The number of thioether (sulfide) groups is 1. The number of benzene rings is 3. The standard InChI is InChI=1S/C96H132N20O22S/c1-5-7-26-74-88(130)108-69(45-83(123)124)80(120)42-59(85(127)103-50-81(99)121)52-139-53-82(122)105-71(38-55-30-32-61(117)33-31-55)94(136)114-36-18-15-28-75(114)90(132)111-73(46-84(125)126)95(137)115-37-19-29-76(115)89(131)107-68(43-60-49-100-54-104-60)79(119)41-56(20-13-16-34-97)92(134)116-51-62(118)44-78(116)91(133)109-70(39-57-47-101-65-23-11-9-21-63(57)65)87(129)106-67(25-14-17-35-98)86(128)110-72(40-58-48-102-66-24-12-10-22-64(58)66)93(135)113(4)77(27-8-6-2)96(138)112(74)3/h9-12,21-24,30-33,47-49,54,56,59,62,67-78,101-102,117-118H,5-8,13-20,25-29,34-46,50-53,97-98H2,1-4H3,(H2,99,121)(H,100,104)(H,103,127)(H,105,122)(H,106,129)(H,107,131)(H,108,130)(H,109,133)(H,110,128)(H,111,132)(H,123,124)(H,125,126)/t56-,59+,62-,67+,68+,69+,70+,71+,72+,73+,74+,75+,76+,77+,78+/m1/s1. The number of fused-ring (bicyclic) bond motifs is 5. The van der Waals surface area contributed by atoms with Crippen LogP contribution in [0.2, 0.25) is 0 Å². The molecule has 6 aromatic rings. The summed E-state index contributed by atoms with van der Waals surface area (Å²) in [7, 11) is 2.67. The highest BCUT2D eigenvalue weighted by atomic mass is 32.2. The van der Waals surface area contributed by atoms with E-state index in [1.165, 1.54) is 55.8 Å². The lowest BCUT2D eigenvalue weighted by atomic mass is 9.90. The van der Waals surface area contributed by atoms with Crippen molar-refractivity contribution in [3.63, 3.8) is 0 Å². The van der Waals surface area contributed by atoms with Crippen LogP contribution in [0, 0.1) is 11.8 Å². The zero-order valence-electron chi connectivity index (χ0n) is 78.9. The smallest absolute Gasteiger partial charge is 0.305 e. The van der Waals surface area contributed by atoms with Crippen molar-refractivity contribution in [2.24, 2.45) is 29.0 Å². The number of carboxylic acids is 2. The maximum Gasteiger partial charge on any atom is 0.305 e. The lowest BCUT2D eigenvalue weighted by Gasteiger charge is -2.38. The number of amides is 14. The fourth-order valence-electron chi connectivity index (χ4n) is 18.5. The molecule has 14 amide bonds. The van der Waals surface area contributed by atoms with Gasteiger partial charge in [0.15, 0.2) is 11.6 Å². The van der Waals surface area contributed by atoms with Crippen molar-refractivity contribution >= 4 is 140 Å². The monoisotopic (exact) mass is 1950 g/mol. The Balaban J connectivity index is 1.04. The number of para-hydroxylation sites is 2. The van der Waals surface area contributed by atoms with Crippen LogP contribution in [0.25, 0.3) is 21.8 Å². The number of rotatable bonds is 29. The number of primary amides is 1. The number of nitrogens with zero attached hydrogens (tertiary/aromatic N) is 6. The number of aliphatic hydroxyl groups excluding tert-OH is 1. The van der Waals surface area contributed by atoms with Crippen molar-refractivity contribution in [2.75, 3.05) is 64.9 Å². The molecule has 0 unspecified atom stereocenters. The minimum absolute atomic E-state index is 0.00670. The molecule has 10 rings (SSSR count). The van der Waals surface area contributed by atoms with Gasteiger partial charge in [-0.05, 0) is 131 Å². The number of aliphatic carboxylic acids is 2. The number of likely N-dealkylation sites (N-methyl/N-ethyl adjacent to an activating group) is 2. The van der Waals surface area contributed by atoms with E-state index in [2.05, 4.69) is 62.5 Å². The molecule has 4 aliphatic rings. The van der Waals surface area contributed by atoms with E-state index in [0.717, 1.165) is 31.4 Å². The van der Waals surface area contributed by atoms with Gasteiger partial charge in [-0.3, -0.25) is 86.3 Å². The zero-order chi connectivity index (χ0) is 101. The highest BCUT2D eigenvalue weighted by Gasteiger charge is 2.48. The number of hydrogen-bond acceptors (Lipinski definition) is 24. The largest absolute Gasteiger partial charge is 0.508 e. The molecule has 4 aliphatic heterocycles. The molecule has 3 aromatic carbocycles. The van der Waals surface area contributed by atoms with Gasteiger partial charge in [-0.1, -0.05) is 94.5 Å². The van der Waals surface area contributed by atoms with Crippen LogP contribution in [-0.4, -0.2) is 315 Å². The highest BCUT2D eigenvalue weighted by Crippen LogP contribution is 2.31. The summed E-state index contributed by atoms with van der Waals surface area (Å²) in [6.45, 7) is 2.56. The fraction of sp³-hybridized carbons (Fsp3) is 0.552. The number of nitrogens with one attached hydrogen (secondary N) is 11. The minimum Gasteiger partial charge on any atom is -0.508 e. The van der Waals surface area contributed by atoms with E-state index in [4.69, 9.17) is 17.2 Å². The number of imidazole rings is 1. The third-order valence-electron chi connectivity index (χ3n) is 26.1. The third-order valence-corrected chi connectivity index (χ3v) is 27.2. The second-order valence-corrected chi connectivity index (χ2v) is 37.3. The molecule has 4 fully saturated rings. The Morgan fingerprint density at radius 2 is 1.03 bits per heavy atom. The van der Waals surface area contributed by atoms with Gasteiger partial charge in [0, 0.05) is 136 Å². The summed E-state index contributed by atoms with van der Waals surface area (Å²) < 4.78 is 0. The summed E-state index contributed by atoms with van der Waals surface area (Å²) in [5, 5.41) is 65.6. The molecule has 0 saturated carbocycles. The first-order chi connectivity index (χ1) is 66.6. The van der Waals surface area contributed by atoms with Crippen LogP contribution in [0.3, 0.4) is 0 Å². The predicted octanol–water partition coefficient (Wildman–Crippen LogP) is 0.817. The van der Waals surface area contributed by atoms with Gasteiger partial charge in [0.1, 0.15) is 66.2 Å². The van der Waals surface area contributed by atoms with Crippen LogP contribution >= 0.6 is 11.8 Å². The first-order valence-electron chi connectivity index (χ1n) is 47.7. The second-order valence-electron chi connectivity index (χ2n) is 36.3. The number of phenolic OH excluding ortho intramolecular Hbond substituents is 1. The molecule has 0 aliphatic carbocycles. The van der Waals surface area contributed by atoms with Crippen LogP contribution in [0.4, 0.5) is 0 Å². The van der Waals surface area contributed by atoms with Gasteiger partial charge in [-0.15, -0.1) is 0 Å². The van der Waals surface area contributed by atoms with Crippen LogP contribution in [-0.2, 0) is 112 Å². The number of phenols is 1. The number of aromatic nitrogens is 4. The summed E-state index contributed by atoms with van der Waals surface area (Å²) in [6.07, 6.45) is 3.12. The number of aliphatic hydroxyl groups is 1. The molecule has 15 atom stereocenters. The van der Waals surface area contributed by atoms with Crippen LogP contribution in [0.1, 0.15) is 177 Å². The summed E-state index contributed by atoms with van der Waals surface area (Å²) in [6, 6.07) is 1.30. The summed E-state index contributed by atoms with van der Waals surface area (Å²) in [4.78, 5) is 285. The molecular weight excluding hydrogens is 1820 g/mol. The third kappa shape index (κ3) is 30.2. The van der Waals surface area contributed by atoms with E-state index in [9.17, 15) is 54.0 Å². The number of carbonyl (C=O) groups is 18. The molecule has 43 heteroatoms. The molecular formula is C96H132N20O22S. The van der Waals surface area contributed by atoms with Gasteiger partial charge in [-0.2, -0.15) is 11.8 Å². The Morgan fingerprint density at radius 3 is 1.64 bits per heavy atom. The van der Waals surface area contributed by atoms with Crippen molar-refractivity contribution in [3.05, 3.63) is 120 Å². The molecule has 3 aromatic heterocycles. The van der Waals surface area contributed by atoms with Gasteiger partial charge >= 0.3 is 11.9 Å². The van der Waals surface area contributed by atoms with E-state index in [1.54, 1.807) is 67.8 Å². The molecule has 21 N–H and O–H groups in total. The number of ketones is 2. The van der Waals surface area contributed by atoms with E-state index in [-0.39, 0.29) is 128 Å². The van der Waals surface area contributed by atoms with Crippen LogP contribution in [0.15, 0.2) is 97.7 Å². The molecule has 42 nitrogen and oxygen atoms in total. The Labute approximate surface area is 808 Å². The number of carboxylic acid groups (broad SMARTS) is 2. The molecule has 754 valence electrons. The van der Waals surface area contributed by atoms with Crippen molar-refractivity contribution in [1.82, 2.24) is 87.0 Å². The lowest BCUT2D eigenvalue weighted by molar-refractivity contribution is -0.149. The number of nitrogens with two attached hydrogens (primary N) is 3. The van der Waals surface area contributed by atoms with Gasteiger partial charge in [0.2, 0.25) is 82.7 Å². The summed E-state index contributed by atoms with van der Waals surface area (Å²) in [5.41, 5.74) is 20.6. The number of unbranched alkanes of at least 4 members (excludes halogenated alkanes) is 4. The van der Waals surface area contributed by atoms with Crippen molar-refractivity contribution < 1.29 is 107 Å². The molecule has 0 radical (unpaired) electrons. The molecule has 7 heterocycles. The minimum atomic E-state index is -1.91. The van der Waals surface area contributed by atoms with E-state index in [1.807, 2.05) is 6.92 Å². The van der Waals surface area contributed by atoms with Crippen molar-refractivity contribution in [2.45, 2.75) is 259 Å². The number of carbonyl (C=O) groups excluding carboxylic acids is 16. The lowest BCUT2D eigenvalue weighted by Crippen LogP contribution is -2.61. The van der Waals surface area contributed by atoms with E-state index < -0.39 is 247 Å². The number of Topliss-reactive ketones (excluding diaryl/α,β-unsaturated/α-hetero) is 2. The van der Waals surface area contributed by atoms with Gasteiger partial charge in [-0.25, -0.2) is 4.98 Å². The average molecular weight is 1950 g/mol. The highest BCUT2D eigenvalue weighted by molar-refractivity contribution is 7.99. The number of H-pyrrole nitrogens is 3. The molecule has 0 bridgehead atoms. The number of aromatic amines is 3. The number of hydrogen-bond donors (Lipinski definition) is 18. The first-order valence-corrected chi connectivity index (χ1v) is 48.9. The molecule has 0 spiro atoms. The Bertz CT molecular complexity index is 5320. The quantitative estimate of drug-likeness (QED) is 0.0289. The first kappa shape index (κ1) is 108. The summed E-state index contributed by atoms with van der Waals surface area (Å²) in [5.74, 6) is -21.3. The average Bonchev–Trinajstić information content (AvgIpc) is 1.78. The molecule has 4 saturated heterocycles. The maximum atomic E-state index is 15.9. The fourth-order valence-corrected chi connectivity index (χ4v) is 19.5. The topological polar surface area (TPSA) is 639 Å². The number of aromatic hydroxyl groups is 1. The SMILES string of the molecule is CCCC[C@H]1C(=O)N(C)[C@@H](CCCC)C(=O)N[C@@H](CC(=O)O)C(=O)C[C@H](C(=O)NCC(N)=O)CSCC(=O)N[C@@H](Cc2ccc(O)cc2)C(=O)N2CCCC[C@H]2C(=O)N[C@@H](CC(=O)O)C(=O)N2CCC[C@H]2C(=O)N[C@@H](Cc2cnc[nH]2)C(=O)C[C@@H](CCCCN)C(=O)N2C[C@H](O)C[C@H]2C(=O)N[C@@H](Cc2c[nH]c3ccccc23)C(=O)N[C@@H](CCCCN)C(=O)N[C@@H](Cc2c[nH]c3ccccc23)C(=O)N1C. The van der Waals surface area contributed by atoms with Gasteiger partial charge < -0.3 is 120 Å². The van der Waals surface area contributed by atoms with E-state index >= 15 is 52.7 Å². The summed E-state index contributed by atoms with van der Waals surface area (Å²) >= 11 is 0.764. The van der Waals surface area contributed by atoms with Crippen LogP contribution in [0.5, 0.6) is 5.75 Å². The van der Waals surface area contributed by atoms with Crippen LogP contribution < -0.4 is 59.7 Å². The van der Waals surface area contributed by atoms with Crippen molar-refractivity contribution in [3.8, 4) is 5.75 Å². The Morgan fingerprint density at radius 1 is 0.504 bits per heavy atom. The van der Waals surface area contributed by atoms with Gasteiger partial charge in [0.05, 0.1) is 55.6 Å². The molecule has 139 heavy (non-hydrogen) atoms. The normalized spacial score (nSPS) is 25.0. The Hall–Kier alpha value is -13.2. The maximum absolute atomic E-state index is 15.9. The predicted molar refractivity (Wildman–Crippen MR) is 510 cm³/mol. The van der Waals surface area contributed by atoms with Gasteiger partial charge in [0.25, 0.3) is 0 Å². The Kier molecular flexibility index (Phi) is 40.8. The zero-order valence-corrected chi connectivity index (χ0v) is 79.7. The second kappa shape index (κ2) is 52.6.